The SMILES string of the molecule is CC(C)(C)Cn1cc(CNSC(C)(C)C)c2ccc(Br)nc21. The molecule has 0 saturated heterocycles. The fourth-order valence-corrected chi connectivity index (χ4v) is 3.28. The first-order valence-electron chi connectivity index (χ1n) is 7.60. The lowest BCUT2D eigenvalue weighted by molar-refractivity contribution is 0.348. The number of hydrogen-bond acceptors (Lipinski definition) is 3. The highest BCUT2D eigenvalue weighted by Gasteiger charge is 2.17. The first-order valence-corrected chi connectivity index (χ1v) is 9.21. The van der Waals surface area contributed by atoms with Crippen LogP contribution < -0.4 is 4.72 Å². The Balaban J connectivity index is 2.30. The molecule has 2 rings (SSSR count). The molecule has 0 amide bonds. The number of hydrogen-bond donors (Lipinski definition) is 1. The van der Waals surface area contributed by atoms with Gasteiger partial charge < -0.3 is 4.57 Å². The molecule has 0 aliphatic carbocycles. The van der Waals surface area contributed by atoms with E-state index in [1.807, 2.05) is 6.07 Å². The smallest absolute Gasteiger partial charge is 0.141 e. The van der Waals surface area contributed by atoms with Crippen molar-refractivity contribution in [3.8, 4) is 0 Å². The minimum Gasteiger partial charge on any atom is -0.332 e. The quantitative estimate of drug-likeness (QED) is 0.567. The van der Waals surface area contributed by atoms with Gasteiger partial charge in [0.25, 0.3) is 0 Å². The molecule has 2 heterocycles. The lowest BCUT2D eigenvalue weighted by Gasteiger charge is -2.19. The molecule has 0 bridgehead atoms. The standard InChI is InChI=1S/C17H26BrN3S/c1-16(2,3)11-21-10-12(9-19-22-17(4,5)6)13-7-8-14(18)20-15(13)21/h7-8,10,19H,9,11H2,1-6H3. The van der Waals surface area contributed by atoms with Crippen molar-refractivity contribution in [1.82, 2.24) is 14.3 Å². The first kappa shape index (κ1) is 17.8. The summed E-state index contributed by atoms with van der Waals surface area (Å²) in [4.78, 5) is 4.68. The Morgan fingerprint density at radius 1 is 1.18 bits per heavy atom. The molecule has 0 fully saturated rings. The molecule has 3 nitrogen and oxygen atoms in total. The van der Waals surface area contributed by atoms with Crippen LogP contribution in [0, 0.1) is 5.41 Å². The third kappa shape index (κ3) is 5.00. The Bertz CT molecular complexity index is 650. The molecule has 0 radical (unpaired) electrons. The van der Waals surface area contributed by atoms with Crippen molar-refractivity contribution >= 4 is 38.9 Å². The van der Waals surface area contributed by atoms with Gasteiger partial charge in [0, 0.05) is 29.4 Å². The minimum absolute atomic E-state index is 0.213. The molecule has 0 aliphatic rings. The molecule has 0 aromatic carbocycles. The van der Waals surface area contributed by atoms with Crippen LogP contribution in [-0.4, -0.2) is 14.3 Å². The molecular formula is C17H26BrN3S. The average Bonchev–Trinajstić information content (AvgIpc) is 2.63. The second kappa shape index (κ2) is 6.54. The van der Waals surface area contributed by atoms with E-state index < -0.39 is 0 Å². The van der Waals surface area contributed by atoms with Crippen molar-refractivity contribution in [3.05, 3.63) is 28.5 Å². The normalized spacial score (nSPS) is 13.0. The maximum Gasteiger partial charge on any atom is 0.141 e. The monoisotopic (exact) mass is 383 g/mol. The molecule has 5 heteroatoms. The van der Waals surface area contributed by atoms with Crippen LogP contribution >= 0.6 is 27.9 Å². The lowest BCUT2D eigenvalue weighted by atomic mass is 9.97. The van der Waals surface area contributed by atoms with E-state index in [9.17, 15) is 0 Å². The zero-order chi connectivity index (χ0) is 16.5. The Labute approximate surface area is 146 Å². The minimum atomic E-state index is 0.213. The third-order valence-corrected chi connectivity index (χ3v) is 4.40. The van der Waals surface area contributed by atoms with Crippen LogP contribution in [0.1, 0.15) is 47.1 Å². The number of nitrogens with one attached hydrogen (secondary N) is 1. The molecule has 2 aromatic rings. The van der Waals surface area contributed by atoms with Crippen LogP contribution in [0.5, 0.6) is 0 Å². The Morgan fingerprint density at radius 3 is 2.45 bits per heavy atom. The van der Waals surface area contributed by atoms with Crippen molar-refractivity contribution in [2.75, 3.05) is 0 Å². The predicted octanol–water partition coefficient (Wildman–Crippen LogP) is 5.38. The van der Waals surface area contributed by atoms with Gasteiger partial charge in [-0.2, -0.15) is 0 Å². The van der Waals surface area contributed by atoms with Gasteiger partial charge in [0.05, 0.1) is 0 Å². The maximum atomic E-state index is 4.68. The molecule has 0 saturated carbocycles. The highest BCUT2D eigenvalue weighted by Crippen LogP contribution is 2.27. The summed E-state index contributed by atoms with van der Waals surface area (Å²) in [5, 5.41) is 1.23. The van der Waals surface area contributed by atoms with Gasteiger partial charge in [-0.3, -0.25) is 4.72 Å². The first-order chi connectivity index (χ1) is 10.1. The predicted molar refractivity (Wildman–Crippen MR) is 101 cm³/mol. The van der Waals surface area contributed by atoms with E-state index in [4.69, 9.17) is 0 Å². The molecule has 0 spiro atoms. The van der Waals surface area contributed by atoms with Crippen LogP contribution in [-0.2, 0) is 13.1 Å². The molecule has 22 heavy (non-hydrogen) atoms. The van der Waals surface area contributed by atoms with E-state index >= 15 is 0 Å². The van der Waals surface area contributed by atoms with Crippen molar-refractivity contribution in [3.63, 3.8) is 0 Å². The molecular weight excluding hydrogens is 358 g/mol. The van der Waals surface area contributed by atoms with Gasteiger partial charge in [-0.1, -0.05) is 32.7 Å². The molecule has 0 atom stereocenters. The maximum absolute atomic E-state index is 4.68. The zero-order valence-electron chi connectivity index (χ0n) is 14.3. The number of nitrogens with zero attached hydrogens (tertiary/aromatic N) is 2. The number of rotatable bonds is 4. The molecule has 122 valence electrons. The Morgan fingerprint density at radius 2 is 1.86 bits per heavy atom. The summed E-state index contributed by atoms with van der Waals surface area (Å²) in [5.41, 5.74) is 2.58. The van der Waals surface area contributed by atoms with Crippen LogP contribution in [0.4, 0.5) is 0 Å². The van der Waals surface area contributed by atoms with Crippen LogP contribution in [0.25, 0.3) is 11.0 Å². The summed E-state index contributed by atoms with van der Waals surface area (Å²) >= 11 is 5.26. The van der Waals surface area contributed by atoms with E-state index in [2.05, 4.69) is 84.0 Å². The molecule has 0 unspecified atom stereocenters. The number of fused-ring (bicyclic) bond motifs is 1. The van der Waals surface area contributed by atoms with E-state index in [0.29, 0.717) is 0 Å². The highest BCUT2D eigenvalue weighted by molar-refractivity contribution is 9.10. The molecule has 2 aromatic heterocycles. The van der Waals surface area contributed by atoms with E-state index in [0.717, 1.165) is 23.3 Å². The van der Waals surface area contributed by atoms with E-state index in [1.165, 1.54) is 10.9 Å². The van der Waals surface area contributed by atoms with E-state index in [1.54, 1.807) is 11.9 Å². The number of pyridine rings is 1. The fourth-order valence-electron chi connectivity index (χ4n) is 2.32. The van der Waals surface area contributed by atoms with Gasteiger partial charge >= 0.3 is 0 Å². The van der Waals surface area contributed by atoms with Crippen molar-refractivity contribution in [2.45, 2.75) is 59.4 Å². The zero-order valence-corrected chi connectivity index (χ0v) is 16.7. The fraction of sp³-hybridized carbons (Fsp3) is 0.588. The summed E-state index contributed by atoms with van der Waals surface area (Å²) < 4.78 is 6.86. The van der Waals surface area contributed by atoms with E-state index in [-0.39, 0.29) is 10.2 Å². The Kier molecular flexibility index (Phi) is 5.30. The van der Waals surface area contributed by atoms with Gasteiger partial charge in [0.1, 0.15) is 10.3 Å². The number of aromatic nitrogens is 2. The van der Waals surface area contributed by atoms with Crippen molar-refractivity contribution in [1.29, 1.82) is 0 Å². The van der Waals surface area contributed by atoms with Gasteiger partial charge in [0.15, 0.2) is 0 Å². The molecule has 1 N–H and O–H groups in total. The summed E-state index contributed by atoms with van der Waals surface area (Å²) in [5.74, 6) is 0. The van der Waals surface area contributed by atoms with Crippen molar-refractivity contribution < 1.29 is 0 Å². The number of halogens is 1. The van der Waals surface area contributed by atoms with Gasteiger partial charge in [-0.05, 0) is 59.8 Å². The molecule has 0 aliphatic heterocycles. The lowest BCUT2D eigenvalue weighted by Crippen LogP contribution is -2.17. The second-order valence-electron chi connectivity index (χ2n) is 7.88. The van der Waals surface area contributed by atoms with Gasteiger partial charge in [-0.25, -0.2) is 4.98 Å². The van der Waals surface area contributed by atoms with Crippen LogP contribution in [0.2, 0.25) is 0 Å². The average molecular weight is 384 g/mol. The third-order valence-electron chi connectivity index (χ3n) is 3.06. The topological polar surface area (TPSA) is 29.9 Å². The largest absolute Gasteiger partial charge is 0.332 e. The highest BCUT2D eigenvalue weighted by atomic mass is 79.9. The summed E-state index contributed by atoms with van der Waals surface area (Å²) in [6.45, 7) is 15.2. The Hall–Kier alpha value is -0.520. The van der Waals surface area contributed by atoms with Gasteiger partial charge in [-0.15, -0.1) is 0 Å². The van der Waals surface area contributed by atoms with Gasteiger partial charge in [0.2, 0.25) is 0 Å². The van der Waals surface area contributed by atoms with Crippen LogP contribution in [0.3, 0.4) is 0 Å². The summed E-state index contributed by atoms with van der Waals surface area (Å²) in [6, 6.07) is 4.18. The van der Waals surface area contributed by atoms with Crippen molar-refractivity contribution in [2.24, 2.45) is 5.41 Å². The second-order valence-corrected chi connectivity index (χ2v) is 10.4. The summed E-state index contributed by atoms with van der Waals surface area (Å²) in [7, 11) is 0. The van der Waals surface area contributed by atoms with Crippen LogP contribution in [0.15, 0.2) is 22.9 Å². The summed E-state index contributed by atoms with van der Waals surface area (Å²) in [6.07, 6.45) is 2.24.